The number of esters is 1. The number of carbonyl (C=O) groups is 1. The molecule has 1 heterocycles. The number of thioether (sulfide) groups is 1. The molecule has 1 aromatic heterocycles. The Balaban J connectivity index is 1.63. The summed E-state index contributed by atoms with van der Waals surface area (Å²) in [5.41, 5.74) is -0.0560. The second-order valence-electron chi connectivity index (χ2n) is 4.64. The van der Waals surface area contributed by atoms with Gasteiger partial charge in [-0.05, 0) is 30.4 Å². The molecule has 19 heavy (non-hydrogen) atoms. The Kier molecular flexibility index (Phi) is 4.69. The van der Waals surface area contributed by atoms with E-state index in [9.17, 15) is 4.79 Å². The van der Waals surface area contributed by atoms with Crippen LogP contribution in [-0.2, 0) is 15.3 Å². The van der Waals surface area contributed by atoms with Crippen molar-refractivity contribution in [1.82, 2.24) is 0 Å². The van der Waals surface area contributed by atoms with Crippen molar-refractivity contribution in [2.45, 2.75) is 25.0 Å². The smallest absolute Gasteiger partial charge is 0.331 e. The van der Waals surface area contributed by atoms with Gasteiger partial charge < -0.3 is 9.15 Å². The zero-order chi connectivity index (χ0) is 13.6. The van der Waals surface area contributed by atoms with Gasteiger partial charge in [0.1, 0.15) is 5.76 Å². The third-order valence-corrected chi connectivity index (χ3v) is 3.82. The van der Waals surface area contributed by atoms with Gasteiger partial charge in [0.25, 0.3) is 0 Å². The molecule has 1 fully saturated rings. The van der Waals surface area contributed by atoms with Gasteiger partial charge in [-0.1, -0.05) is 0 Å². The third-order valence-electron chi connectivity index (χ3n) is 3.04. The molecule has 0 spiro atoms. The van der Waals surface area contributed by atoms with Gasteiger partial charge in [-0.2, -0.15) is 5.26 Å². The summed E-state index contributed by atoms with van der Waals surface area (Å²) >= 11 is 1.47. The minimum atomic E-state index is -0.351. The monoisotopic (exact) mass is 277 g/mol. The van der Waals surface area contributed by atoms with Crippen molar-refractivity contribution in [2.75, 3.05) is 6.61 Å². The standard InChI is InChI=1S/C14H15NO3S/c15-7-6-14(4-5-14)11-18-13(16)3-9-19-10-12-2-1-8-17-12/h1-3,8-9H,4-6,10-11H2. The maximum atomic E-state index is 11.5. The predicted octanol–water partition coefficient (Wildman–Crippen LogP) is 3.26. The molecule has 0 amide bonds. The molecule has 100 valence electrons. The van der Waals surface area contributed by atoms with Gasteiger partial charge in [-0.25, -0.2) is 4.79 Å². The highest BCUT2D eigenvalue weighted by atomic mass is 32.2. The van der Waals surface area contributed by atoms with E-state index < -0.39 is 0 Å². The molecule has 5 heteroatoms. The first-order valence-corrected chi connectivity index (χ1v) is 7.13. The van der Waals surface area contributed by atoms with Gasteiger partial charge in [0.2, 0.25) is 0 Å². The Bertz CT molecular complexity index is 483. The molecular weight excluding hydrogens is 262 g/mol. The molecule has 1 aliphatic rings. The van der Waals surface area contributed by atoms with Gasteiger partial charge in [0.15, 0.2) is 0 Å². The second kappa shape index (κ2) is 6.48. The van der Waals surface area contributed by atoms with Crippen LogP contribution in [0.25, 0.3) is 0 Å². The highest BCUT2D eigenvalue weighted by Crippen LogP contribution is 2.48. The largest absolute Gasteiger partial charge is 0.468 e. The Morgan fingerprint density at radius 3 is 3.11 bits per heavy atom. The fourth-order valence-corrected chi connectivity index (χ4v) is 2.25. The molecule has 2 rings (SSSR count). The Hall–Kier alpha value is -1.67. The summed E-state index contributed by atoms with van der Waals surface area (Å²) in [7, 11) is 0. The summed E-state index contributed by atoms with van der Waals surface area (Å²) in [4.78, 5) is 11.5. The van der Waals surface area contributed by atoms with Crippen LogP contribution < -0.4 is 0 Å². The molecule has 4 nitrogen and oxygen atoms in total. The van der Waals surface area contributed by atoms with Crippen LogP contribution in [0.5, 0.6) is 0 Å². The SMILES string of the molecule is N#CCC1(COC(=O)C=CSCc2ccco2)CC1. The lowest BCUT2D eigenvalue weighted by Gasteiger charge is -2.09. The van der Waals surface area contributed by atoms with E-state index in [2.05, 4.69) is 6.07 Å². The zero-order valence-electron chi connectivity index (χ0n) is 10.5. The lowest BCUT2D eigenvalue weighted by molar-refractivity contribution is -0.139. The minimum Gasteiger partial charge on any atom is -0.468 e. The number of hydrogen-bond acceptors (Lipinski definition) is 5. The summed E-state index contributed by atoms with van der Waals surface area (Å²) in [5, 5.41) is 10.4. The molecule has 0 aliphatic heterocycles. The van der Waals surface area contributed by atoms with Crippen LogP contribution in [0.1, 0.15) is 25.0 Å². The molecule has 0 unspecified atom stereocenters. The first kappa shape index (κ1) is 13.8. The number of nitrogens with zero attached hydrogens (tertiary/aromatic N) is 1. The number of carbonyl (C=O) groups excluding carboxylic acids is 1. The summed E-state index contributed by atoms with van der Waals surface area (Å²) in [6.45, 7) is 0.354. The summed E-state index contributed by atoms with van der Waals surface area (Å²) < 4.78 is 10.3. The molecule has 0 radical (unpaired) electrons. The van der Waals surface area contributed by atoms with E-state index in [1.54, 1.807) is 11.7 Å². The minimum absolute atomic E-state index is 0.0560. The molecule has 0 aromatic carbocycles. The van der Waals surface area contributed by atoms with E-state index in [1.165, 1.54) is 17.8 Å². The number of furan rings is 1. The Labute approximate surface area is 116 Å². The van der Waals surface area contributed by atoms with Crippen molar-refractivity contribution in [2.24, 2.45) is 5.41 Å². The molecule has 0 N–H and O–H groups in total. The van der Waals surface area contributed by atoms with E-state index >= 15 is 0 Å². The average molecular weight is 277 g/mol. The maximum absolute atomic E-state index is 11.5. The molecule has 0 saturated heterocycles. The van der Waals surface area contributed by atoms with Crippen molar-refractivity contribution < 1.29 is 13.9 Å². The molecule has 0 bridgehead atoms. The van der Waals surface area contributed by atoms with Crippen LogP contribution in [0.15, 0.2) is 34.3 Å². The number of nitriles is 1. The first-order valence-electron chi connectivity index (χ1n) is 6.08. The van der Waals surface area contributed by atoms with Crippen molar-refractivity contribution in [1.29, 1.82) is 5.26 Å². The molecule has 0 atom stereocenters. The predicted molar refractivity (Wildman–Crippen MR) is 72.0 cm³/mol. The van der Waals surface area contributed by atoms with E-state index in [-0.39, 0.29) is 11.4 Å². The molecule has 1 saturated carbocycles. The molecule has 1 aromatic rings. The van der Waals surface area contributed by atoms with Crippen molar-refractivity contribution >= 4 is 17.7 Å². The quantitative estimate of drug-likeness (QED) is 0.565. The average Bonchev–Trinajstić information content (AvgIpc) is 2.97. The Morgan fingerprint density at radius 1 is 1.63 bits per heavy atom. The van der Waals surface area contributed by atoms with Crippen molar-refractivity contribution in [3.05, 3.63) is 35.6 Å². The van der Waals surface area contributed by atoms with E-state index in [4.69, 9.17) is 14.4 Å². The van der Waals surface area contributed by atoms with Crippen molar-refractivity contribution in [3.8, 4) is 6.07 Å². The highest BCUT2D eigenvalue weighted by Gasteiger charge is 2.43. The fraction of sp³-hybridized carbons (Fsp3) is 0.429. The lowest BCUT2D eigenvalue weighted by Crippen LogP contribution is -2.13. The number of rotatable bonds is 7. The van der Waals surface area contributed by atoms with Crippen LogP contribution >= 0.6 is 11.8 Å². The van der Waals surface area contributed by atoms with Crippen LogP contribution in [0.2, 0.25) is 0 Å². The van der Waals surface area contributed by atoms with E-state index in [0.29, 0.717) is 18.8 Å². The summed E-state index contributed by atoms with van der Waals surface area (Å²) in [6, 6.07) is 5.86. The van der Waals surface area contributed by atoms with Gasteiger partial charge in [-0.3, -0.25) is 0 Å². The first-order chi connectivity index (χ1) is 9.24. The van der Waals surface area contributed by atoms with Gasteiger partial charge in [-0.15, -0.1) is 11.8 Å². The molecular formula is C14H15NO3S. The summed E-state index contributed by atoms with van der Waals surface area (Å²) in [6.07, 6.45) is 5.46. The topological polar surface area (TPSA) is 63.2 Å². The van der Waals surface area contributed by atoms with E-state index in [1.807, 2.05) is 12.1 Å². The Morgan fingerprint density at radius 2 is 2.47 bits per heavy atom. The van der Waals surface area contributed by atoms with Gasteiger partial charge >= 0.3 is 5.97 Å². The lowest BCUT2D eigenvalue weighted by atomic mass is 10.1. The highest BCUT2D eigenvalue weighted by molar-refractivity contribution is 8.01. The van der Waals surface area contributed by atoms with Gasteiger partial charge in [0, 0.05) is 17.9 Å². The summed E-state index contributed by atoms with van der Waals surface area (Å²) in [5.74, 6) is 1.21. The number of hydrogen-bond donors (Lipinski definition) is 0. The van der Waals surface area contributed by atoms with E-state index in [0.717, 1.165) is 18.6 Å². The normalized spacial score (nSPS) is 16.2. The zero-order valence-corrected chi connectivity index (χ0v) is 11.3. The van der Waals surface area contributed by atoms with Crippen molar-refractivity contribution in [3.63, 3.8) is 0 Å². The second-order valence-corrected chi connectivity index (χ2v) is 5.53. The fourth-order valence-electron chi connectivity index (χ4n) is 1.62. The van der Waals surface area contributed by atoms with Crippen LogP contribution in [0.3, 0.4) is 0 Å². The maximum Gasteiger partial charge on any atom is 0.331 e. The van der Waals surface area contributed by atoms with Crippen LogP contribution in [0, 0.1) is 16.7 Å². The third kappa shape index (κ3) is 4.49. The van der Waals surface area contributed by atoms with Gasteiger partial charge in [0.05, 0.1) is 24.7 Å². The number of ether oxygens (including phenoxy) is 1. The molecule has 1 aliphatic carbocycles. The van der Waals surface area contributed by atoms with Crippen LogP contribution in [-0.4, -0.2) is 12.6 Å². The van der Waals surface area contributed by atoms with Crippen LogP contribution in [0.4, 0.5) is 0 Å².